The Hall–Kier alpha value is -1.38. The van der Waals surface area contributed by atoms with Crippen molar-refractivity contribution in [3.05, 3.63) is 52.5 Å². The quantitative estimate of drug-likeness (QED) is 0.782. The van der Waals surface area contributed by atoms with Crippen molar-refractivity contribution in [2.45, 2.75) is 0 Å². The standard InChI is InChI=1S/C12H10Cl2N2/c13-8-5-6-10(15)12(7-8)16-11-4-2-1-3-9(11)14/h1-7,16H,15H2. The molecule has 2 nitrogen and oxygen atoms in total. The lowest BCUT2D eigenvalue weighted by molar-refractivity contribution is 1.54. The molecule has 82 valence electrons. The Bertz CT molecular complexity index is 512. The number of nitrogens with one attached hydrogen (secondary N) is 1. The van der Waals surface area contributed by atoms with E-state index >= 15 is 0 Å². The number of hydrogen-bond donors (Lipinski definition) is 2. The van der Waals surface area contributed by atoms with Crippen molar-refractivity contribution in [3.63, 3.8) is 0 Å². The van der Waals surface area contributed by atoms with Crippen molar-refractivity contribution in [1.82, 2.24) is 0 Å². The van der Waals surface area contributed by atoms with Crippen LogP contribution in [0.5, 0.6) is 0 Å². The SMILES string of the molecule is Nc1ccc(Cl)cc1Nc1ccccc1Cl. The molecule has 0 aliphatic rings. The van der Waals surface area contributed by atoms with E-state index in [0.717, 1.165) is 11.4 Å². The number of anilines is 3. The molecule has 16 heavy (non-hydrogen) atoms. The summed E-state index contributed by atoms with van der Waals surface area (Å²) in [5.74, 6) is 0. The van der Waals surface area contributed by atoms with Crippen molar-refractivity contribution in [1.29, 1.82) is 0 Å². The Kier molecular flexibility index (Phi) is 3.22. The Labute approximate surface area is 104 Å². The third kappa shape index (κ3) is 2.40. The fourth-order valence-corrected chi connectivity index (χ4v) is 1.70. The highest BCUT2D eigenvalue weighted by atomic mass is 35.5. The zero-order valence-corrected chi connectivity index (χ0v) is 9.89. The monoisotopic (exact) mass is 252 g/mol. The number of hydrogen-bond acceptors (Lipinski definition) is 2. The molecule has 0 radical (unpaired) electrons. The van der Waals surface area contributed by atoms with Crippen molar-refractivity contribution in [2.24, 2.45) is 0 Å². The first-order valence-electron chi connectivity index (χ1n) is 4.73. The summed E-state index contributed by atoms with van der Waals surface area (Å²) < 4.78 is 0. The van der Waals surface area contributed by atoms with Gasteiger partial charge < -0.3 is 11.1 Å². The molecule has 0 amide bonds. The van der Waals surface area contributed by atoms with E-state index in [4.69, 9.17) is 28.9 Å². The summed E-state index contributed by atoms with van der Waals surface area (Å²) in [6, 6.07) is 12.7. The lowest BCUT2D eigenvalue weighted by Crippen LogP contribution is -1.96. The van der Waals surface area contributed by atoms with Crippen LogP contribution in [0.1, 0.15) is 0 Å². The van der Waals surface area contributed by atoms with Gasteiger partial charge in [-0.05, 0) is 30.3 Å². The largest absolute Gasteiger partial charge is 0.397 e. The van der Waals surface area contributed by atoms with Gasteiger partial charge in [-0.25, -0.2) is 0 Å². The van der Waals surface area contributed by atoms with Gasteiger partial charge >= 0.3 is 0 Å². The van der Waals surface area contributed by atoms with Gasteiger partial charge in [0.15, 0.2) is 0 Å². The number of halogens is 2. The second-order valence-electron chi connectivity index (χ2n) is 3.34. The van der Waals surface area contributed by atoms with Crippen LogP contribution in [0.3, 0.4) is 0 Å². The minimum atomic E-state index is 0.628. The minimum Gasteiger partial charge on any atom is -0.397 e. The summed E-state index contributed by atoms with van der Waals surface area (Å²) in [5.41, 5.74) is 8.01. The van der Waals surface area contributed by atoms with Crippen molar-refractivity contribution >= 4 is 40.3 Å². The van der Waals surface area contributed by atoms with E-state index < -0.39 is 0 Å². The van der Waals surface area contributed by atoms with Crippen molar-refractivity contribution in [3.8, 4) is 0 Å². The van der Waals surface area contributed by atoms with Crippen LogP contribution in [0.2, 0.25) is 10.0 Å². The normalized spacial score (nSPS) is 10.1. The fraction of sp³-hybridized carbons (Fsp3) is 0. The molecule has 0 aliphatic heterocycles. The third-order valence-corrected chi connectivity index (χ3v) is 2.72. The van der Waals surface area contributed by atoms with Gasteiger partial charge in [0.1, 0.15) is 0 Å². The molecule has 3 N–H and O–H groups in total. The summed E-state index contributed by atoms with van der Waals surface area (Å²) in [4.78, 5) is 0. The summed E-state index contributed by atoms with van der Waals surface area (Å²) in [6.07, 6.45) is 0. The number of nitrogens with two attached hydrogens (primary N) is 1. The summed E-state index contributed by atoms with van der Waals surface area (Å²) in [6.45, 7) is 0. The van der Waals surface area contributed by atoms with Crippen LogP contribution in [0.25, 0.3) is 0 Å². The fourth-order valence-electron chi connectivity index (χ4n) is 1.34. The maximum absolute atomic E-state index is 6.03. The number of rotatable bonds is 2. The maximum atomic E-state index is 6.03. The highest BCUT2D eigenvalue weighted by Gasteiger charge is 2.03. The number of benzene rings is 2. The van der Waals surface area contributed by atoms with Crippen LogP contribution in [-0.2, 0) is 0 Å². The average Bonchev–Trinajstić information content (AvgIpc) is 2.27. The van der Waals surface area contributed by atoms with E-state index in [0.29, 0.717) is 15.7 Å². The van der Waals surface area contributed by atoms with Crippen LogP contribution < -0.4 is 11.1 Å². The van der Waals surface area contributed by atoms with Gasteiger partial charge in [-0.1, -0.05) is 35.3 Å². The second kappa shape index (κ2) is 4.64. The first kappa shape index (κ1) is 11.1. The van der Waals surface area contributed by atoms with E-state index in [9.17, 15) is 0 Å². The highest BCUT2D eigenvalue weighted by molar-refractivity contribution is 6.33. The van der Waals surface area contributed by atoms with Crippen LogP contribution in [-0.4, -0.2) is 0 Å². The average molecular weight is 253 g/mol. The molecule has 0 saturated heterocycles. The number of nitrogen functional groups attached to an aromatic ring is 1. The molecular formula is C12H10Cl2N2. The van der Waals surface area contributed by atoms with E-state index in [1.807, 2.05) is 24.3 Å². The molecule has 0 bridgehead atoms. The molecule has 0 unspecified atom stereocenters. The third-order valence-electron chi connectivity index (χ3n) is 2.16. The van der Waals surface area contributed by atoms with Crippen molar-refractivity contribution < 1.29 is 0 Å². The van der Waals surface area contributed by atoms with Gasteiger partial charge in [-0.2, -0.15) is 0 Å². The Morgan fingerprint density at radius 1 is 0.938 bits per heavy atom. The molecular weight excluding hydrogens is 243 g/mol. The molecule has 4 heteroatoms. The molecule has 0 atom stereocenters. The smallest absolute Gasteiger partial charge is 0.0640 e. The van der Waals surface area contributed by atoms with Gasteiger partial charge in [-0.3, -0.25) is 0 Å². The van der Waals surface area contributed by atoms with E-state index in [-0.39, 0.29) is 0 Å². The van der Waals surface area contributed by atoms with Crippen molar-refractivity contribution in [2.75, 3.05) is 11.1 Å². The summed E-state index contributed by atoms with van der Waals surface area (Å²) >= 11 is 11.9. The zero-order chi connectivity index (χ0) is 11.5. The predicted molar refractivity (Wildman–Crippen MR) is 70.6 cm³/mol. The molecule has 0 saturated carbocycles. The van der Waals surface area contributed by atoms with Crippen LogP contribution in [0.4, 0.5) is 17.1 Å². The van der Waals surface area contributed by atoms with Gasteiger partial charge in [0.05, 0.1) is 22.1 Å². The molecule has 2 aromatic rings. The Balaban J connectivity index is 2.34. The second-order valence-corrected chi connectivity index (χ2v) is 4.18. The first-order chi connectivity index (χ1) is 7.66. The Morgan fingerprint density at radius 2 is 1.69 bits per heavy atom. The van der Waals surface area contributed by atoms with Crippen LogP contribution >= 0.6 is 23.2 Å². The molecule has 0 heterocycles. The maximum Gasteiger partial charge on any atom is 0.0640 e. The van der Waals surface area contributed by atoms with E-state index in [1.165, 1.54) is 0 Å². The molecule has 0 spiro atoms. The topological polar surface area (TPSA) is 38.0 Å². The van der Waals surface area contributed by atoms with Crippen LogP contribution in [0, 0.1) is 0 Å². The minimum absolute atomic E-state index is 0.628. The predicted octanol–water partition coefficient (Wildman–Crippen LogP) is 4.32. The van der Waals surface area contributed by atoms with Gasteiger partial charge in [0.25, 0.3) is 0 Å². The van der Waals surface area contributed by atoms with E-state index in [1.54, 1.807) is 18.2 Å². The Morgan fingerprint density at radius 3 is 2.44 bits per heavy atom. The lowest BCUT2D eigenvalue weighted by atomic mass is 10.2. The molecule has 2 aromatic carbocycles. The first-order valence-corrected chi connectivity index (χ1v) is 5.49. The van der Waals surface area contributed by atoms with Gasteiger partial charge in [0.2, 0.25) is 0 Å². The number of para-hydroxylation sites is 1. The summed E-state index contributed by atoms with van der Waals surface area (Å²) in [7, 11) is 0. The zero-order valence-electron chi connectivity index (χ0n) is 8.37. The molecule has 0 fully saturated rings. The molecule has 2 rings (SSSR count). The summed E-state index contributed by atoms with van der Waals surface area (Å²) in [5, 5.41) is 4.41. The van der Waals surface area contributed by atoms with Gasteiger partial charge in [-0.15, -0.1) is 0 Å². The van der Waals surface area contributed by atoms with Crippen LogP contribution in [0.15, 0.2) is 42.5 Å². The van der Waals surface area contributed by atoms with Gasteiger partial charge in [0, 0.05) is 5.02 Å². The lowest BCUT2D eigenvalue weighted by Gasteiger charge is -2.10. The highest BCUT2D eigenvalue weighted by Crippen LogP contribution is 2.29. The molecule has 0 aliphatic carbocycles. The van der Waals surface area contributed by atoms with E-state index in [2.05, 4.69) is 5.32 Å². The molecule has 0 aromatic heterocycles.